The zero-order valence-corrected chi connectivity index (χ0v) is 11.6. The van der Waals surface area contributed by atoms with E-state index in [0.717, 1.165) is 12.0 Å². The number of carbonyl (C=O) groups excluding carboxylic acids is 1. The first-order valence-corrected chi connectivity index (χ1v) is 6.74. The summed E-state index contributed by atoms with van der Waals surface area (Å²) < 4.78 is 1.60. The van der Waals surface area contributed by atoms with Crippen molar-refractivity contribution in [3.63, 3.8) is 0 Å². The lowest BCUT2D eigenvalue weighted by molar-refractivity contribution is -0.121. The normalized spacial score (nSPS) is 14.8. The minimum absolute atomic E-state index is 0.0833. The van der Waals surface area contributed by atoms with Crippen LogP contribution in [-0.2, 0) is 11.2 Å². The van der Waals surface area contributed by atoms with Gasteiger partial charge in [0.05, 0.1) is 5.56 Å². The third kappa shape index (κ3) is 2.29. The smallest absolute Gasteiger partial charge is 0.335 e. The number of aromatic carboxylic acids is 1. The summed E-state index contributed by atoms with van der Waals surface area (Å²) in [6.45, 7) is 2.36. The van der Waals surface area contributed by atoms with E-state index in [-0.39, 0.29) is 11.5 Å². The number of hydrogen-bond acceptors (Lipinski definition) is 3. The Labute approximate surface area is 121 Å². The highest BCUT2D eigenvalue weighted by molar-refractivity contribution is 5.99. The van der Waals surface area contributed by atoms with Crippen molar-refractivity contribution in [3.8, 4) is 0 Å². The predicted molar refractivity (Wildman–Crippen MR) is 76.4 cm³/mol. The lowest BCUT2D eigenvalue weighted by Crippen LogP contribution is -2.35. The largest absolute Gasteiger partial charge is 0.478 e. The Kier molecular flexibility index (Phi) is 3.21. The summed E-state index contributed by atoms with van der Waals surface area (Å²) >= 11 is 0. The molecule has 1 N–H and O–H groups in total. The van der Waals surface area contributed by atoms with Crippen molar-refractivity contribution in [1.82, 2.24) is 9.78 Å². The van der Waals surface area contributed by atoms with Crippen LogP contribution < -0.4 is 4.90 Å². The molecule has 6 heteroatoms. The molecule has 3 rings (SSSR count). The molecule has 0 saturated carbocycles. The molecule has 1 unspecified atom stereocenters. The van der Waals surface area contributed by atoms with Gasteiger partial charge in [0.2, 0.25) is 0 Å². The van der Waals surface area contributed by atoms with Crippen LogP contribution in [0.1, 0.15) is 28.9 Å². The number of carbonyl (C=O) groups is 2. The van der Waals surface area contributed by atoms with Gasteiger partial charge in [-0.1, -0.05) is 6.07 Å². The van der Waals surface area contributed by atoms with Crippen LogP contribution in [0.15, 0.2) is 36.7 Å². The quantitative estimate of drug-likeness (QED) is 0.932. The molecule has 0 fully saturated rings. The van der Waals surface area contributed by atoms with Gasteiger partial charge in [0.1, 0.15) is 6.04 Å². The van der Waals surface area contributed by atoms with Gasteiger partial charge in [-0.05, 0) is 37.1 Å². The summed E-state index contributed by atoms with van der Waals surface area (Å²) in [6, 6.07) is 6.28. The summed E-state index contributed by atoms with van der Waals surface area (Å²) in [5.74, 6) is -1.07. The number of fused-ring (bicyclic) bond motifs is 1. The fourth-order valence-corrected chi connectivity index (χ4v) is 2.59. The predicted octanol–water partition coefficient (Wildman–Crippen LogP) is 1.73. The third-order valence-corrected chi connectivity index (χ3v) is 3.77. The molecule has 0 aliphatic carbocycles. The Morgan fingerprint density at radius 1 is 1.38 bits per heavy atom. The van der Waals surface area contributed by atoms with E-state index in [1.165, 1.54) is 0 Å². The molecular weight excluding hydrogens is 270 g/mol. The van der Waals surface area contributed by atoms with Crippen molar-refractivity contribution in [1.29, 1.82) is 0 Å². The molecule has 1 aliphatic rings. The highest BCUT2D eigenvalue weighted by Crippen LogP contribution is 2.30. The molecular formula is C15H15N3O3. The van der Waals surface area contributed by atoms with Crippen LogP contribution in [0.2, 0.25) is 0 Å². The molecule has 108 valence electrons. The van der Waals surface area contributed by atoms with E-state index >= 15 is 0 Å². The summed E-state index contributed by atoms with van der Waals surface area (Å²) in [7, 11) is 0. The van der Waals surface area contributed by atoms with E-state index in [1.807, 2.05) is 0 Å². The number of rotatable bonds is 3. The SMILES string of the molecule is CC(C(=O)N1CCc2ccc(C(=O)O)cc21)n1cccn1. The molecule has 2 heterocycles. The first-order chi connectivity index (χ1) is 10.1. The van der Waals surface area contributed by atoms with Gasteiger partial charge < -0.3 is 10.0 Å². The van der Waals surface area contributed by atoms with Crippen LogP contribution in [0.5, 0.6) is 0 Å². The minimum atomic E-state index is -0.989. The third-order valence-electron chi connectivity index (χ3n) is 3.77. The zero-order chi connectivity index (χ0) is 15.0. The minimum Gasteiger partial charge on any atom is -0.478 e. The fourth-order valence-electron chi connectivity index (χ4n) is 2.59. The summed E-state index contributed by atoms with van der Waals surface area (Å²) in [4.78, 5) is 25.3. The number of benzene rings is 1. The molecule has 1 aromatic heterocycles. The topological polar surface area (TPSA) is 75.4 Å². The molecule has 0 radical (unpaired) electrons. The maximum atomic E-state index is 12.6. The second-order valence-electron chi connectivity index (χ2n) is 5.05. The Morgan fingerprint density at radius 2 is 2.19 bits per heavy atom. The van der Waals surface area contributed by atoms with E-state index in [4.69, 9.17) is 5.11 Å². The second kappa shape index (κ2) is 5.05. The monoisotopic (exact) mass is 285 g/mol. The van der Waals surface area contributed by atoms with Gasteiger partial charge in [-0.15, -0.1) is 0 Å². The highest BCUT2D eigenvalue weighted by atomic mass is 16.4. The maximum Gasteiger partial charge on any atom is 0.335 e. The van der Waals surface area contributed by atoms with Gasteiger partial charge in [-0.3, -0.25) is 9.48 Å². The number of nitrogens with zero attached hydrogens (tertiary/aromatic N) is 3. The van der Waals surface area contributed by atoms with Gasteiger partial charge in [0.25, 0.3) is 5.91 Å². The number of anilines is 1. The van der Waals surface area contributed by atoms with Gasteiger partial charge in [-0.2, -0.15) is 5.10 Å². The molecule has 1 atom stereocenters. The van der Waals surface area contributed by atoms with Crippen LogP contribution in [0.4, 0.5) is 5.69 Å². The number of hydrogen-bond donors (Lipinski definition) is 1. The van der Waals surface area contributed by atoms with E-state index in [2.05, 4.69) is 5.10 Å². The molecule has 0 spiro atoms. The molecule has 0 bridgehead atoms. The van der Waals surface area contributed by atoms with Crippen LogP contribution in [0.3, 0.4) is 0 Å². The fraction of sp³-hybridized carbons (Fsp3) is 0.267. The molecule has 1 aromatic carbocycles. The highest BCUT2D eigenvalue weighted by Gasteiger charge is 2.29. The maximum absolute atomic E-state index is 12.6. The van der Waals surface area contributed by atoms with Crippen LogP contribution in [0, 0.1) is 0 Å². The van der Waals surface area contributed by atoms with Crippen LogP contribution in [0.25, 0.3) is 0 Å². The van der Waals surface area contributed by atoms with Gasteiger partial charge in [0, 0.05) is 24.6 Å². The first kappa shape index (κ1) is 13.4. The van der Waals surface area contributed by atoms with Crippen molar-refractivity contribution in [2.24, 2.45) is 0 Å². The van der Waals surface area contributed by atoms with Crippen LogP contribution >= 0.6 is 0 Å². The summed E-state index contributed by atoms with van der Waals surface area (Å²) in [6.07, 6.45) is 4.12. The Morgan fingerprint density at radius 3 is 2.86 bits per heavy atom. The Hall–Kier alpha value is -2.63. The van der Waals surface area contributed by atoms with E-state index in [1.54, 1.807) is 53.2 Å². The number of carboxylic acid groups (broad SMARTS) is 1. The second-order valence-corrected chi connectivity index (χ2v) is 5.05. The number of carboxylic acids is 1. The summed E-state index contributed by atoms with van der Waals surface area (Å²) in [5, 5.41) is 13.2. The molecule has 6 nitrogen and oxygen atoms in total. The number of amides is 1. The molecule has 21 heavy (non-hydrogen) atoms. The first-order valence-electron chi connectivity index (χ1n) is 6.74. The van der Waals surface area contributed by atoms with Crippen molar-refractivity contribution in [2.75, 3.05) is 11.4 Å². The molecule has 1 aliphatic heterocycles. The average Bonchev–Trinajstić information content (AvgIpc) is 3.14. The molecule has 0 saturated heterocycles. The van der Waals surface area contributed by atoms with Crippen molar-refractivity contribution in [3.05, 3.63) is 47.8 Å². The standard InChI is InChI=1S/C15H15N3O3/c1-10(18-7-2-6-16-18)14(19)17-8-5-11-3-4-12(15(20)21)9-13(11)17/h2-4,6-7,9-10H,5,8H2,1H3,(H,20,21). The lowest BCUT2D eigenvalue weighted by atomic mass is 10.1. The zero-order valence-electron chi connectivity index (χ0n) is 11.6. The van der Waals surface area contributed by atoms with Gasteiger partial charge >= 0.3 is 5.97 Å². The lowest BCUT2D eigenvalue weighted by Gasteiger charge is -2.22. The van der Waals surface area contributed by atoms with Crippen molar-refractivity contribution in [2.45, 2.75) is 19.4 Å². The van der Waals surface area contributed by atoms with E-state index in [9.17, 15) is 9.59 Å². The molecule has 1 amide bonds. The van der Waals surface area contributed by atoms with Gasteiger partial charge in [-0.25, -0.2) is 4.79 Å². The van der Waals surface area contributed by atoms with Crippen molar-refractivity contribution >= 4 is 17.6 Å². The van der Waals surface area contributed by atoms with E-state index in [0.29, 0.717) is 12.2 Å². The van der Waals surface area contributed by atoms with E-state index < -0.39 is 12.0 Å². The van der Waals surface area contributed by atoms with Crippen LogP contribution in [-0.4, -0.2) is 33.3 Å². The Bertz CT molecular complexity index is 694. The Balaban J connectivity index is 1.91. The van der Waals surface area contributed by atoms with Gasteiger partial charge in [0.15, 0.2) is 0 Å². The average molecular weight is 285 g/mol. The number of aromatic nitrogens is 2. The molecule has 2 aromatic rings. The summed E-state index contributed by atoms with van der Waals surface area (Å²) in [5.41, 5.74) is 1.89. The van der Waals surface area contributed by atoms with Crippen molar-refractivity contribution < 1.29 is 14.7 Å².